The van der Waals surface area contributed by atoms with E-state index in [1.54, 1.807) is 19.1 Å². The zero-order valence-corrected chi connectivity index (χ0v) is 8.58. The second-order valence-corrected chi connectivity index (χ2v) is 2.99. The molecule has 1 unspecified atom stereocenters. The summed E-state index contributed by atoms with van der Waals surface area (Å²) in [6, 6.07) is 2.80. The number of aromatic nitrogens is 1. The third kappa shape index (κ3) is 2.83. The average molecular weight is 208 g/mol. The molecule has 6 heteroatoms. The smallest absolute Gasteiger partial charge is 0.213 e. The van der Waals surface area contributed by atoms with Crippen LogP contribution < -0.4 is 4.74 Å². The van der Waals surface area contributed by atoms with Crippen molar-refractivity contribution in [2.45, 2.75) is 13.0 Å². The minimum atomic E-state index is -0.592. The van der Waals surface area contributed by atoms with Crippen LogP contribution in [0.15, 0.2) is 17.2 Å². The average Bonchev–Trinajstić information content (AvgIpc) is 2.24. The number of hydrogen-bond donors (Lipinski definition) is 1. The summed E-state index contributed by atoms with van der Waals surface area (Å²) in [5.41, 5.74) is 9.77. The molecule has 0 amide bonds. The summed E-state index contributed by atoms with van der Waals surface area (Å²) in [7, 11) is 1.51. The summed E-state index contributed by atoms with van der Waals surface area (Å²) >= 11 is 0. The molecule has 1 aromatic rings. The molecule has 1 atom stereocenters. The summed E-state index contributed by atoms with van der Waals surface area (Å²) < 4.78 is 4.98. The topological polar surface area (TPSA) is 91.1 Å². The zero-order chi connectivity index (χ0) is 11.3. The first-order valence-corrected chi connectivity index (χ1v) is 4.39. The highest BCUT2D eigenvalue weighted by atomic mass is 16.5. The van der Waals surface area contributed by atoms with E-state index >= 15 is 0 Å². The highest BCUT2D eigenvalue weighted by Crippen LogP contribution is 2.21. The second kappa shape index (κ2) is 5.19. The van der Waals surface area contributed by atoms with E-state index in [0.717, 1.165) is 5.69 Å². The van der Waals surface area contributed by atoms with Gasteiger partial charge in [0.25, 0.3) is 0 Å². The molecule has 0 bridgehead atoms. The summed E-state index contributed by atoms with van der Waals surface area (Å²) in [4.78, 5) is 6.76. The van der Waals surface area contributed by atoms with Crippen LogP contribution >= 0.6 is 0 Å². The summed E-state index contributed by atoms with van der Waals surface area (Å²) in [5.74, 6) is 0.441. The van der Waals surface area contributed by atoms with Crippen molar-refractivity contribution in [3.05, 3.63) is 33.8 Å². The lowest BCUT2D eigenvalue weighted by atomic mass is 10.1. The van der Waals surface area contributed by atoms with Crippen LogP contribution in [0.5, 0.6) is 5.88 Å². The highest BCUT2D eigenvalue weighted by molar-refractivity contribution is 5.27. The number of aliphatic hydroxyl groups is 1. The number of aryl methyl sites for hydroxylation is 1. The maximum Gasteiger partial charge on any atom is 0.213 e. The van der Waals surface area contributed by atoms with E-state index in [4.69, 9.17) is 15.4 Å². The van der Waals surface area contributed by atoms with Gasteiger partial charge < -0.3 is 9.84 Å². The fraction of sp³-hybridized carbons (Fsp3) is 0.444. The molecule has 1 N–H and O–H groups in total. The third-order valence-electron chi connectivity index (χ3n) is 1.91. The Morgan fingerprint density at radius 2 is 2.40 bits per heavy atom. The molecule has 0 aliphatic rings. The maximum atomic E-state index is 9.04. The monoisotopic (exact) mass is 208 g/mol. The SMILES string of the molecule is COc1cc(C(CO)N=[N+]=[N-])cc(C)n1. The van der Waals surface area contributed by atoms with Crippen molar-refractivity contribution in [3.63, 3.8) is 0 Å². The number of hydrogen-bond acceptors (Lipinski definition) is 4. The van der Waals surface area contributed by atoms with Crippen molar-refractivity contribution in [2.24, 2.45) is 5.11 Å². The molecule has 0 saturated carbocycles. The predicted molar refractivity (Wildman–Crippen MR) is 54.5 cm³/mol. The molecule has 0 saturated heterocycles. The van der Waals surface area contributed by atoms with Crippen LogP contribution in [0.2, 0.25) is 0 Å². The van der Waals surface area contributed by atoms with Crippen LogP contribution in [0.3, 0.4) is 0 Å². The molecule has 0 aliphatic heterocycles. The number of rotatable bonds is 4. The Morgan fingerprint density at radius 1 is 1.67 bits per heavy atom. The normalized spacial score (nSPS) is 11.7. The van der Waals surface area contributed by atoms with Gasteiger partial charge in [0.05, 0.1) is 19.8 Å². The molecule has 0 fully saturated rings. The van der Waals surface area contributed by atoms with Gasteiger partial charge in [-0.05, 0) is 24.1 Å². The molecule has 0 aliphatic carbocycles. The Morgan fingerprint density at radius 3 is 2.93 bits per heavy atom. The van der Waals surface area contributed by atoms with E-state index in [1.165, 1.54) is 7.11 Å². The largest absolute Gasteiger partial charge is 0.481 e. The van der Waals surface area contributed by atoms with Gasteiger partial charge in [0.1, 0.15) is 0 Å². The molecule has 6 nitrogen and oxygen atoms in total. The van der Waals surface area contributed by atoms with Gasteiger partial charge in [-0.1, -0.05) is 5.11 Å². The fourth-order valence-corrected chi connectivity index (χ4v) is 1.23. The lowest BCUT2D eigenvalue weighted by molar-refractivity contribution is 0.267. The van der Waals surface area contributed by atoms with Crippen LogP contribution in [0.25, 0.3) is 10.4 Å². The van der Waals surface area contributed by atoms with Crippen LogP contribution in [-0.2, 0) is 0 Å². The molecule has 15 heavy (non-hydrogen) atoms. The van der Waals surface area contributed by atoms with E-state index < -0.39 is 6.04 Å². The lowest BCUT2D eigenvalue weighted by Crippen LogP contribution is -2.02. The van der Waals surface area contributed by atoms with Gasteiger partial charge in [-0.2, -0.15) is 0 Å². The van der Waals surface area contributed by atoms with Gasteiger partial charge in [0.15, 0.2) is 0 Å². The Kier molecular flexibility index (Phi) is 3.91. The molecule has 1 aromatic heterocycles. The first kappa shape index (κ1) is 11.3. The lowest BCUT2D eigenvalue weighted by Gasteiger charge is -2.10. The van der Waals surface area contributed by atoms with Crippen molar-refractivity contribution in [1.29, 1.82) is 0 Å². The predicted octanol–water partition coefficient (Wildman–Crippen LogP) is 1.74. The number of azide groups is 1. The molecule has 0 radical (unpaired) electrons. The molecule has 1 heterocycles. The molecular formula is C9H12N4O2. The van der Waals surface area contributed by atoms with Crippen molar-refractivity contribution >= 4 is 0 Å². The summed E-state index contributed by atoms with van der Waals surface area (Å²) in [6.07, 6.45) is 0. The van der Waals surface area contributed by atoms with Crippen molar-refractivity contribution < 1.29 is 9.84 Å². The van der Waals surface area contributed by atoms with Gasteiger partial charge in [-0.15, -0.1) is 0 Å². The van der Waals surface area contributed by atoms with E-state index in [2.05, 4.69) is 15.0 Å². The van der Waals surface area contributed by atoms with E-state index in [-0.39, 0.29) is 6.61 Å². The Balaban J connectivity index is 3.11. The molecule has 0 aromatic carbocycles. The van der Waals surface area contributed by atoms with Crippen molar-refractivity contribution in [2.75, 3.05) is 13.7 Å². The van der Waals surface area contributed by atoms with Gasteiger partial charge in [0, 0.05) is 16.7 Å². The molecule has 80 valence electrons. The standard InChI is InChI=1S/C9H12N4O2/c1-6-3-7(4-9(11-6)15-2)8(5-14)12-13-10/h3-4,8,14H,5H2,1-2H3. The minimum Gasteiger partial charge on any atom is -0.481 e. The second-order valence-electron chi connectivity index (χ2n) is 2.99. The van der Waals surface area contributed by atoms with Crippen LogP contribution in [-0.4, -0.2) is 23.8 Å². The van der Waals surface area contributed by atoms with Gasteiger partial charge in [-0.25, -0.2) is 4.98 Å². The zero-order valence-electron chi connectivity index (χ0n) is 8.58. The quantitative estimate of drug-likeness (QED) is 0.464. The first-order valence-electron chi connectivity index (χ1n) is 4.39. The number of nitrogens with zero attached hydrogens (tertiary/aromatic N) is 4. The molecule has 1 rings (SSSR count). The van der Waals surface area contributed by atoms with Crippen molar-refractivity contribution in [3.8, 4) is 5.88 Å². The minimum absolute atomic E-state index is 0.239. The maximum absolute atomic E-state index is 9.04. The van der Waals surface area contributed by atoms with Gasteiger partial charge >= 0.3 is 0 Å². The fourth-order valence-electron chi connectivity index (χ4n) is 1.23. The third-order valence-corrected chi connectivity index (χ3v) is 1.91. The number of ether oxygens (including phenoxy) is 1. The Hall–Kier alpha value is -1.78. The van der Waals surface area contributed by atoms with Gasteiger partial charge in [-0.3, -0.25) is 0 Å². The Bertz CT molecular complexity index is 388. The van der Waals surface area contributed by atoms with Crippen LogP contribution in [0, 0.1) is 6.92 Å². The van der Waals surface area contributed by atoms with E-state index in [0.29, 0.717) is 11.4 Å². The summed E-state index contributed by atoms with van der Waals surface area (Å²) in [6.45, 7) is 1.56. The number of aliphatic hydroxyl groups excluding tert-OH is 1. The Labute approximate surface area is 87.2 Å². The first-order chi connectivity index (χ1) is 7.21. The molecular weight excluding hydrogens is 196 g/mol. The van der Waals surface area contributed by atoms with E-state index in [1.807, 2.05) is 0 Å². The van der Waals surface area contributed by atoms with Crippen molar-refractivity contribution in [1.82, 2.24) is 4.98 Å². The van der Waals surface area contributed by atoms with Crippen LogP contribution in [0.4, 0.5) is 0 Å². The van der Waals surface area contributed by atoms with E-state index in [9.17, 15) is 0 Å². The number of pyridine rings is 1. The number of methoxy groups -OCH3 is 1. The highest BCUT2D eigenvalue weighted by Gasteiger charge is 2.10. The molecule has 0 spiro atoms. The summed E-state index contributed by atoms with van der Waals surface area (Å²) in [5, 5.41) is 12.5. The van der Waals surface area contributed by atoms with Crippen LogP contribution in [0.1, 0.15) is 17.3 Å². The van der Waals surface area contributed by atoms with Gasteiger partial charge in [0.2, 0.25) is 5.88 Å².